The molecule has 1 heterocycles. The van der Waals surface area contributed by atoms with Crippen molar-refractivity contribution in [2.24, 2.45) is 0 Å². The molecular formula is C18H20N4O4S. The highest BCUT2D eigenvalue weighted by Crippen LogP contribution is 2.27. The van der Waals surface area contributed by atoms with Crippen molar-refractivity contribution in [1.82, 2.24) is 9.80 Å². The minimum absolute atomic E-state index is 0.00154. The summed E-state index contributed by atoms with van der Waals surface area (Å²) in [5.74, 6) is -0.278. The summed E-state index contributed by atoms with van der Waals surface area (Å²) >= 11 is 0. The number of benzene rings is 2. The molecule has 0 fully saturated rings. The Balaban J connectivity index is 1.87. The number of carbonyl (C=O) groups excluding carboxylic acids is 2. The molecular weight excluding hydrogens is 368 g/mol. The number of amides is 3. The molecule has 0 atom stereocenters. The lowest BCUT2D eigenvalue weighted by Crippen LogP contribution is -2.35. The molecule has 2 N–H and O–H groups in total. The second-order valence-electron chi connectivity index (χ2n) is 6.49. The maximum absolute atomic E-state index is 12.7. The normalized spacial score (nSPS) is 13.6. The largest absolute Gasteiger partial charge is 0.345 e. The van der Waals surface area contributed by atoms with Crippen LogP contribution in [-0.2, 0) is 16.6 Å². The van der Waals surface area contributed by atoms with Gasteiger partial charge in [-0.15, -0.1) is 0 Å². The molecule has 0 radical (unpaired) electrons. The van der Waals surface area contributed by atoms with Gasteiger partial charge in [-0.3, -0.25) is 9.52 Å². The van der Waals surface area contributed by atoms with E-state index in [4.69, 9.17) is 0 Å². The highest BCUT2D eigenvalue weighted by Gasteiger charge is 2.21. The van der Waals surface area contributed by atoms with E-state index in [1.165, 1.54) is 28.0 Å². The summed E-state index contributed by atoms with van der Waals surface area (Å²) in [6.45, 7) is 0.379. The van der Waals surface area contributed by atoms with E-state index in [1.54, 1.807) is 45.4 Å². The fraction of sp³-hybridized carbons (Fsp3) is 0.222. The van der Waals surface area contributed by atoms with E-state index in [0.29, 0.717) is 17.9 Å². The number of carbonyl (C=O) groups is 2. The zero-order valence-corrected chi connectivity index (χ0v) is 16.0. The van der Waals surface area contributed by atoms with Crippen LogP contribution in [0.5, 0.6) is 0 Å². The molecule has 1 aliphatic heterocycles. The predicted octanol–water partition coefficient (Wildman–Crippen LogP) is 2.17. The standard InChI is InChI=1S/C18H20N4O4S/c1-21(2)17(23)12-5-4-6-15(10-12)27(25,26)20-14-7-8-16-13(9-14)11-22(3)18(24)19-16/h4-10,20H,11H2,1-3H3,(H,19,24). The van der Waals surface area contributed by atoms with Gasteiger partial charge in [-0.1, -0.05) is 6.07 Å². The second-order valence-corrected chi connectivity index (χ2v) is 8.17. The van der Waals surface area contributed by atoms with Crippen molar-refractivity contribution in [3.05, 3.63) is 53.6 Å². The first-order chi connectivity index (χ1) is 12.7. The van der Waals surface area contributed by atoms with Crippen molar-refractivity contribution in [2.75, 3.05) is 31.2 Å². The molecule has 3 amide bonds. The van der Waals surface area contributed by atoms with E-state index in [0.717, 1.165) is 5.56 Å². The number of sulfonamides is 1. The first kappa shape index (κ1) is 18.7. The van der Waals surface area contributed by atoms with Crippen LogP contribution in [0.15, 0.2) is 47.4 Å². The maximum Gasteiger partial charge on any atom is 0.321 e. The highest BCUT2D eigenvalue weighted by molar-refractivity contribution is 7.92. The molecule has 142 valence electrons. The lowest BCUT2D eigenvalue weighted by Gasteiger charge is -2.26. The van der Waals surface area contributed by atoms with Gasteiger partial charge in [0.1, 0.15) is 0 Å². The van der Waals surface area contributed by atoms with E-state index in [9.17, 15) is 18.0 Å². The number of rotatable bonds is 4. The topological polar surface area (TPSA) is 98.8 Å². The third-order valence-electron chi connectivity index (χ3n) is 4.15. The minimum atomic E-state index is -3.87. The molecule has 0 unspecified atom stereocenters. The van der Waals surface area contributed by atoms with Crippen LogP contribution in [0.4, 0.5) is 16.2 Å². The number of urea groups is 1. The minimum Gasteiger partial charge on any atom is -0.345 e. The summed E-state index contributed by atoms with van der Waals surface area (Å²) in [6, 6.07) is 10.6. The number of anilines is 2. The van der Waals surface area contributed by atoms with Gasteiger partial charge in [0.15, 0.2) is 0 Å². The summed E-state index contributed by atoms with van der Waals surface area (Å²) in [5.41, 5.74) is 2.12. The quantitative estimate of drug-likeness (QED) is 0.838. The molecule has 2 aromatic rings. The summed E-state index contributed by atoms with van der Waals surface area (Å²) in [4.78, 5) is 26.6. The van der Waals surface area contributed by atoms with Crippen molar-refractivity contribution >= 4 is 33.3 Å². The Kier molecular flexibility index (Phi) is 4.79. The SMILES string of the molecule is CN(C)C(=O)c1cccc(S(=O)(=O)Nc2ccc3c(c2)CN(C)C(=O)N3)c1. The molecule has 0 aliphatic carbocycles. The molecule has 27 heavy (non-hydrogen) atoms. The van der Waals surface area contributed by atoms with Crippen molar-refractivity contribution in [3.63, 3.8) is 0 Å². The number of hydrogen-bond acceptors (Lipinski definition) is 4. The molecule has 0 saturated heterocycles. The summed E-state index contributed by atoms with van der Waals surface area (Å²) in [7, 11) is 0.991. The lowest BCUT2D eigenvalue weighted by atomic mass is 10.1. The van der Waals surface area contributed by atoms with Crippen LogP contribution in [0.25, 0.3) is 0 Å². The van der Waals surface area contributed by atoms with Crippen LogP contribution in [0.3, 0.4) is 0 Å². The molecule has 2 aromatic carbocycles. The summed E-state index contributed by atoms with van der Waals surface area (Å²) in [5, 5.41) is 2.73. The van der Waals surface area contributed by atoms with Gasteiger partial charge < -0.3 is 15.1 Å². The Bertz CT molecular complexity index is 1020. The van der Waals surface area contributed by atoms with E-state index < -0.39 is 10.0 Å². The van der Waals surface area contributed by atoms with E-state index in [1.807, 2.05) is 0 Å². The van der Waals surface area contributed by atoms with Crippen LogP contribution in [0.2, 0.25) is 0 Å². The average Bonchev–Trinajstić information content (AvgIpc) is 2.62. The Morgan fingerprint density at radius 2 is 1.93 bits per heavy atom. The lowest BCUT2D eigenvalue weighted by molar-refractivity contribution is 0.0827. The molecule has 8 nitrogen and oxygen atoms in total. The predicted molar refractivity (Wildman–Crippen MR) is 102 cm³/mol. The second kappa shape index (κ2) is 6.92. The molecule has 9 heteroatoms. The Morgan fingerprint density at radius 3 is 2.63 bits per heavy atom. The Labute approximate surface area is 157 Å². The first-order valence-electron chi connectivity index (χ1n) is 8.17. The van der Waals surface area contributed by atoms with Crippen LogP contribution >= 0.6 is 0 Å². The molecule has 1 aliphatic rings. The highest BCUT2D eigenvalue weighted by atomic mass is 32.2. The van der Waals surface area contributed by atoms with Gasteiger partial charge in [0, 0.05) is 44.6 Å². The van der Waals surface area contributed by atoms with E-state index in [-0.39, 0.29) is 22.4 Å². The van der Waals surface area contributed by atoms with Crippen molar-refractivity contribution < 1.29 is 18.0 Å². The van der Waals surface area contributed by atoms with Crippen LogP contribution < -0.4 is 10.0 Å². The van der Waals surface area contributed by atoms with Crippen molar-refractivity contribution in [3.8, 4) is 0 Å². The number of nitrogens with zero attached hydrogens (tertiary/aromatic N) is 2. The fourth-order valence-electron chi connectivity index (χ4n) is 2.72. The third-order valence-corrected chi connectivity index (χ3v) is 5.53. The molecule has 0 bridgehead atoms. The maximum atomic E-state index is 12.7. The van der Waals surface area contributed by atoms with Gasteiger partial charge in [-0.25, -0.2) is 13.2 Å². The van der Waals surface area contributed by atoms with Gasteiger partial charge in [0.05, 0.1) is 4.90 Å². The Hall–Kier alpha value is -3.07. The van der Waals surface area contributed by atoms with Crippen LogP contribution in [0.1, 0.15) is 15.9 Å². The van der Waals surface area contributed by atoms with Gasteiger partial charge in [0.2, 0.25) is 0 Å². The smallest absolute Gasteiger partial charge is 0.321 e. The zero-order chi connectivity index (χ0) is 19.8. The van der Waals surface area contributed by atoms with Crippen molar-refractivity contribution in [1.29, 1.82) is 0 Å². The van der Waals surface area contributed by atoms with E-state index >= 15 is 0 Å². The van der Waals surface area contributed by atoms with Gasteiger partial charge in [0.25, 0.3) is 15.9 Å². The zero-order valence-electron chi connectivity index (χ0n) is 15.2. The number of hydrogen-bond donors (Lipinski definition) is 2. The van der Waals surface area contributed by atoms with E-state index in [2.05, 4.69) is 10.0 Å². The molecule has 0 saturated carbocycles. The molecule has 0 aromatic heterocycles. The number of nitrogens with one attached hydrogen (secondary N) is 2. The summed E-state index contributed by atoms with van der Waals surface area (Å²) in [6.07, 6.45) is 0. The van der Waals surface area contributed by atoms with Gasteiger partial charge in [-0.2, -0.15) is 0 Å². The molecule has 3 rings (SSSR count). The Morgan fingerprint density at radius 1 is 1.19 bits per heavy atom. The van der Waals surface area contributed by atoms with Crippen molar-refractivity contribution in [2.45, 2.75) is 11.4 Å². The third kappa shape index (κ3) is 3.87. The van der Waals surface area contributed by atoms with Crippen LogP contribution in [0, 0.1) is 0 Å². The average molecular weight is 388 g/mol. The van der Waals surface area contributed by atoms with Crippen LogP contribution in [-0.4, -0.2) is 51.3 Å². The van der Waals surface area contributed by atoms with Gasteiger partial charge >= 0.3 is 6.03 Å². The van der Waals surface area contributed by atoms with Gasteiger partial charge in [-0.05, 0) is 42.0 Å². The summed E-state index contributed by atoms with van der Waals surface area (Å²) < 4.78 is 28.0. The first-order valence-corrected chi connectivity index (χ1v) is 9.65. The monoisotopic (exact) mass is 388 g/mol. The fourth-order valence-corrected chi connectivity index (χ4v) is 3.81. The number of fused-ring (bicyclic) bond motifs is 1. The molecule has 0 spiro atoms.